The fourth-order valence-corrected chi connectivity index (χ4v) is 8.80. The zero-order valence-corrected chi connectivity index (χ0v) is 30.7. The van der Waals surface area contributed by atoms with Crippen molar-refractivity contribution in [2.45, 2.75) is 0 Å². The van der Waals surface area contributed by atoms with Crippen LogP contribution in [-0.4, -0.2) is 19.1 Å². The molecule has 12 aromatic rings. The normalized spacial score (nSPS) is 11.9. The van der Waals surface area contributed by atoms with Crippen LogP contribution >= 0.6 is 0 Å². The van der Waals surface area contributed by atoms with Gasteiger partial charge in [-0.3, -0.25) is 0 Å². The van der Waals surface area contributed by atoms with Gasteiger partial charge in [-0.15, -0.1) is 0 Å². The van der Waals surface area contributed by atoms with E-state index in [1.54, 1.807) is 0 Å². The van der Waals surface area contributed by atoms with E-state index in [1.165, 1.54) is 21.5 Å². The monoisotopic (exact) mass is 728 g/mol. The standard InChI is InChI=1S/C52H32N4O/c1-2-15-33(16-3-1)44-32-45(43-23-14-22-42-41-21-8-13-28-50(41)57-51(42)43)54-52(53-44)34-29-35(55-46-24-9-4-17-37(46)38-18-5-10-25-47(38)55)31-36(30-34)56-48-26-11-6-19-39(48)40-20-7-12-27-49(40)56/h1-32H. The van der Waals surface area contributed by atoms with E-state index in [9.17, 15) is 0 Å². The number of hydrogen-bond donors (Lipinski definition) is 0. The van der Waals surface area contributed by atoms with Crippen LogP contribution in [0.3, 0.4) is 0 Å². The Hall–Kier alpha value is -7.76. The van der Waals surface area contributed by atoms with Crippen LogP contribution in [0.25, 0.3) is 111 Å². The summed E-state index contributed by atoms with van der Waals surface area (Å²) in [5, 5.41) is 6.98. The lowest BCUT2D eigenvalue weighted by Gasteiger charge is -2.16. The second-order valence-corrected chi connectivity index (χ2v) is 14.6. The minimum absolute atomic E-state index is 0.629. The third-order valence-corrected chi connectivity index (χ3v) is 11.3. The molecule has 0 aliphatic rings. The minimum atomic E-state index is 0.629. The Balaban J connectivity index is 1.18. The first-order valence-corrected chi connectivity index (χ1v) is 19.2. The minimum Gasteiger partial charge on any atom is -0.455 e. The summed E-state index contributed by atoms with van der Waals surface area (Å²) < 4.78 is 11.3. The Morgan fingerprint density at radius 3 is 1.40 bits per heavy atom. The second kappa shape index (κ2) is 12.4. The van der Waals surface area contributed by atoms with Crippen molar-refractivity contribution in [3.8, 4) is 45.3 Å². The predicted octanol–water partition coefficient (Wildman–Crippen LogP) is 13.6. The van der Waals surface area contributed by atoms with Crippen LogP contribution in [0.5, 0.6) is 0 Å². The lowest BCUT2D eigenvalue weighted by atomic mass is 10.0. The molecule has 5 nitrogen and oxygen atoms in total. The molecule has 0 fully saturated rings. The van der Waals surface area contributed by atoms with E-state index in [2.05, 4.69) is 185 Å². The van der Waals surface area contributed by atoms with Gasteiger partial charge in [-0.1, -0.05) is 133 Å². The van der Waals surface area contributed by atoms with Gasteiger partial charge in [0.1, 0.15) is 11.2 Å². The van der Waals surface area contributed by atoms with Crippen LogP contribution in [0.4, 0.5) is 0 Å². The maximum absolute atomic E-state index is 6.56. The Kier molecular flexibility index (Phi) is 6.86. The number of hydrogen-bond acceptors (Lipinski definition) is 3. The molecule has 0 atom stereocenters. The van der Waals surface area contributed by atoms with Gasteiger partial charge in [0.15, 0.2) is 5.82 Å². The first-order chi connectivity index (χ1) is 28.3. The van der Waals surface area contributed by atoms with Gasteiger partial charge in [-0.25, -0.2) is 9.97 Å². The Bertz CT molecular complexity index is 3300. The molecule has 0 bridgehead atoms. The van der Waals surface area contributed by atoms with Crippen molar-refractivity contribution in [2.75, 3.05) is 0 Å². The molecule has 0 saturated carbocycles. The van der Waals surface area contributed by atoms with Crippen LogP contribution in [0.2, 0.25) is 0 Å². The predicted molar refractivity (Wildman–Crippen MR) is 234 cm³/mol. The summed E-state index contributed by atoms with van der Waals surface area (Å²) in [5.41, 5.74) is 12.7. The molecule has 0 amide bonds. The topological polar surface area (TPSA) is 48.8 Å². The molecule has 0 aliphatic heterocycles. The van der Waals surface area contributed by atoms with E-state index in [4.69, 9.17) is 14.4 Å². The maximum Gasteiger partial charge on any atom is 0.160 e. The highest BCUT2D eigenvalue weighted by Gasteiger charge is 2.20. The van der Waals surface area contributed by atoms with Crippen LogP contribution in [0, 0.1) is 0 Å². The number of nitrogens with zero attached hydrogens (tertiary/aromatic N) is 4. The second-order valence-electron chi connectivity index (χ2n) is 14.6. The number of aromatic nitrogens is 4. The molecule has 0 radical (unpaired) electrons. The molecule has 266 valence electrons. The van der Waals surface area contributed by atoms with Crippen molar-refractivity contribution < 1.29 is 4.42 Å². The van der Waals surface area contributed by atoms with Crippen molar-refractivity contribution in [2.24, 2.45) is 0 Å². The quantitative estimate of drug-likeness (QED) is 0.177. The molecule has 4 aromatic heterocycles. The van der Waals surface area contributed by atoms with Crippen molar-refractivity contribution in [3.05, 3.63) is 194 Å². The van der Waals surface area contributed by atoms with Gasteiger partial charge in [0.05, 0.1) is 33.5 Å². The lowest BCUT2D eigenvalue weighted by molar-refractivity contribution is 0.670. The average molecular weight is 729 g/mol. The van der Waals surface area contributed by atoms with E-state index in [0.29, 0.717) is 5.82 Å². The fourth-order valence-electron chi connectivity index (χ4n) is 8.80. The summed E-state index contributed by atoms with van der Waals surface area (Å²) >= 11 is 0. The van der Waals surface area contributed by atoms with Crippen LogP contribution in [-0.2, 0) is 0 Å². The Morgan fingerprint density at radius 2 is 0.825 bits per heavy atom. The van der Waals surface area contributed by atoms with E-state index >= 15 is 0 Å². The summed E-state index contributed by atoms with van der Waals surface area (Å²) in [6, 6.07) is 68.4. The zero-order valence-electron chi connectivity index (χ0n) is 30.7. The molecule has 12 rings (SSSR count). The molecular formula is C52H32N4O. The first kappa shape index (κ1) is 31.6. The smallest absolute Gasteiger partial charge is 0.160 e. The number of benzene rings is 8. The molecule has 5 heteroatoms. The highest BCUT2D eigenvalue weighted by atomic mass is 16.3. The van der Waals surface area contributed by atoms with Gasteiger partial charge in [-0.2, -0.15) is 0 Å². The van der Waals surface area contributed by atoms with E-state index in [0.717, 1.165) is 83.5 Å². The molecule has 57 heavy (non-hydrogen) atoms. The van der Waals surface area contributed by atoms with Crippen molar-refractivity contribution in [1.29, 1.82) is 0 Å². The lowest BCUT2D eigenvalue weighted by Crippen LogP contribution is -2.02. The van der Waals surface area contributed by atoms with E-state index in [-0.39, 0.29) is 0 Å². The summed E-state index contributed by atoms with van der Waals surface area (Å²) in [5.74, 6) is 0.629. The van der Waals surface area contributed by atoms with Gasteiger partial charge < -0.3 is 13.6 Å². The van der Waals surface area contributed by atoms with Crippen LogP contribution < -0.4 is 0 Å². The molecular weight excluding hydrogens is 697 g/mol. The van der Waals surface area contributed by atoms with Crippen LogP contribution in [0.15, 0.2) is 199 Å². The molecule has 8 aromatic carbocycles. The third-order valence-electron chi connectivity index (χ3n) is 11.3. The largest absolute Gasteiger partial charge is 0.455 e. The highest BCUT2D eigenvalue weighted by molar-refractivity contribution is 6.11. The van der Waals surface area contributed by atoms with Crippen molar-refractivity contribution in [1.82, 2.24) is 19.1 Å². The third kappa shape index (κ3) is 4.89. The van der Waals surface area contributed by atoms with E-state index in [1.807, 2.05) is 18.2 Å². The maximum atomic E-state index is 6.56. The summed E-state index contributed by atoms with van der Waals surface area (Å²) in [6.45, 7) is 0. The van der Waals surface area contributed by atoms with Gasteiger partial charge in [0.25, 0.3) is 0 Å². The highest BCUT2D eigenvalue weighted by Crippen LogP contribution is 2.40. The Morgan fingerprint density at radius 1 is 0.351 bits per heavy atom. The van der Waals surface area contributed by atoms with Crippen molar-refractivity contribution >= 4 is 65.6 Å². The molecule has 4 heterocycles. The van der Waals surface area contributed by atoms with Gasteiger partial charge in [0, 0.05) is 60.4 Å². The van der Waals surface area contributed by atoms with E-state index < -0.39 is 0 Å². The molecule has 0 unspecified atom stereocenters. The number of fused-ring (bicyclic) bond motifs is 9. The van der Waals surface area contributed by atoms with Gasteiger partial charge in [0.2, 0.25) is 0 Å². The fraction of sp³-hybridized carbons (Fsp3) is 0. The molecule has 0 saturated heterocycles. The molecule has 0 aliphatic carbocycles. The van der Waals surface area contributed by atoms with Crippen molar-refractivity contribution in [3.63, 3.8) is 0 Å². The number of rotatable bonds is 5. The summed E-state index contributed by atoms with van der Waals surface area (Å²) in [6.07, 6.45) is 0. The number of para-hydroxylation sites is 6. The summed E-state index contributed by atoms with van der Waals surface area (Å²) in [4.78, 5) is 10.8. The summed E-state index contributed by atoms with van der Waals surface area (Å²) in [7, 11) is 0. The Labute approximate surface area is 327 Å². The average Bonchev–Trinajstić information content (AvgIpc) is 3.94. The first-order valence-electron chi connectivity index (χ1n) is 19.2. The number of furan rings is 1. The van der Waals surface area contributed by atoms with Gasteiger partial charge >= 0.3 is 0 Å². The SMILES string of the molecule is c1ccc(-c2cc(-c3cccc4c3oc3ccccc34)nc(-c3cc(-n4c5ccccc5c5ccccc54)cc(-n4c5ccccc5c5ccccc54)c3)n2)cc1. The molecule has 0 spiro atoms. The van der Waals surface area contributed by atoms with Gasteiger partial charge in [-0.05, 0) is 60.7 Å². The zero-order chi connectivity index (χ0) is 37.5. The molecule has 0 N–H and O–H groups in total. The van der Waals surface area contributed by atoms with Crippen LogP contribution in [0.1, 0.15) is 0 Å².